The van der Waals surface area contributed by atoms with Crippen LogP contribution in [0, 0.1) is 0 Å². The van der Waals surface area contributed by atoms with Crippen molar-refractivity contribution < 1.29 is 29.3 Å². The summed E-state index contributed by atoms with van der Waals surface area (Å²) >= 11 is 13.8. The number of halogens is 2. The predicted octanol–water partition coefficient (Wildman–Crippen LogP) is 6.09. The van der Waals surface area contributed by atoms with Crippen LogP contribution in [0.5, 0.6) is 11.8 Å². The van der Waals surface area contributed by atoms with Gasteiger partial charge >= 0.3 is 5.97 Å². The third kappa shape index (κ3) is 7.60. The summed E-state index contributed by atoms with van der Waals surface area (Å²) in [6.45, 7) is 2.31. The molecule has 2 heterocycles. The average Bonchev–Trinajstić information content (AvgIpc) is 3.74. The summed E-state index contributed by atoms with van der Waals surface area (Å²) in [4.78, 5) is 27.6. The molecule has 0 radical (unpaired) electrons. The molecule has 3 aromatic carbocycles. The molecule has 1 aliphatic heterocycles. The van der Waals surface area contributed by atoms with Crippen molar-refractivity contribution in [1.29, 1.82) is 0 Å². The molecular formula is C38H40Cl2N4O6. The van der Waals surface area contributed by atoms with Crippen LogP contribution >= 0.6 is 23.2 Å². The molecule has 0 saturated carbocycles. The lowest BCUT2D eigenvalue weighted by atomic mass is 9.93. The maximum Gasteiger partial charge on any atom is 0.326 e. The van der Waals surface area contributed by atoms with E-state index in [0.717, 1.165) is 58.3 Å². The van der Waals surface area contributed by atoms with Crippen molar-refractivity contribution in [3.8, 4) is 34.0 Å². The van der Waals surface area contributed by atoms with Crippen molar-refractivity contribution in [1.82, 2.24) is 20.9 Å². The van der Waals surface area contributed by atoms with E-state index in [0.29, 0.717) is 30.0 Å². The summed E-state index contributed by atoms with van der Waals surface area (Å²) in [5, 5.41) is 29.3. The maximum atomic E-state index is 11.6. The smallest absolute Gasteiger partial charge is 0.326 e. The predicted molar refractivity (Wildman–Crippen MR) is 193 cm³/mol. The van der Waals surface area contributed by atoms with Crippen LogP contribution < -0.4 is 25.4 Å². The van der Waals surface area contributed by atoms with Gasteiger partial charge in [0.2, 0.25) is 17.7 Å². The number of nitrogens with zero attached hydrogens (tertiary/aromatic N) is 1. The number of fused-ring (bicyclic) bond motifs is 1. The fraction of sp³-hybridized carbons (Fsp3) is 0.342. The van der Waals surface area contributed by atoms with Gasteiger partial charge in [0.05, 0.1) is 18.7 Å². The van der Waals surface area contributed by atoms with Crippen LogP contribution in [0.25, 0.3) is 22.3 Å². The third-order valence-corrected chi connectivity index (χ3v) is 10.1. The Morgan fingerprint density at radius 1 is 1.00 bits per heavy atom. The van der Waals surface area contributed by atoms with E-state index in [1.165, 1.54) is 14.0 Å². The fourth-order valence-electron chi connectivity index (χ4n) is 6.48. The molecule has 0 spiro atoms. The quantitative estimate of drug-likeness (QED) is 0.105. The Kier molecular flexibility index (Phi) is 11.0. The molecule has 1 amide bonds. The third-order valence-electron chi connectivity index (χ3n) is 9.46. The fourth-order valence-corrected chi connectivity index (χ4v) is 7.04. The second kappa shape index (κ2) is 15.4. The van der Waals surface area contributed by atoms with Crippen molar-refractivity contribution in [3.05, 3.63) is 99.0 Å². The molecule has 50 heavy (non-hydrogen) atoms. The van der Waals surface area contributed by atoms with Gasteiger partial charge < -0.3 is 30.3 Å². The van der Waals surface area contributed by atoms with Gasteiger partial charge in [0.1, 0.15) is 16.7 Å². The van der Waals surface area contributed by atoms with Crippen molar-refractivity contribution in [2.24, 2.45) is 0 Å². The first-order valence-corrected chi connectivity index (χ1v) is 17.3. The molecule has 6 rings (SSSR count). The van der Waals surface area contributed by atoms with Gasteiger partial charge in [0.15, 0.2) is 0 Å². The van der Waals surface area contributed by atoms with E-state index in [-0.39, 0.29) is 41.4 Å². The molecule has 1 saturated heterocycles. The molecule has 4 aromatic rings. The molecule has 3 atom stereocenters. The highest BCUT2D eigenvalue weighted by molar-refractivity contribution is 6.36. The van der Waals surface area contributed by atoms with Crippen molar-refractivity contribution in [2.75, 3.05) is 20.3 Å². The highest BCUT2D eigenvalue weighted by Gasteiger charge is 2.33. The number of carboxylic acids is 1. The van der Waals surface area contributed by atoms with Gasteiger partial charge in [0, 0.05) is 48.8 Å². The van der Waals surface area contributed by atoms with Crippen LogP contribution in [0.2, 0.25) is 10.0 Å². The molecular weight excluding hydrogens is 679 g/mol. The number of rotatable bonds is 14. The monoisotopic (exact) mass is 718 g/mol. The van der Waals surface area contributed by atoms with Crippen molar-refractivity contribution in [2.45, 2.75) is 63.4 Å². The Hall–Kier alpha value is -4.19. The number of hydrogen-bond donors (Lipinski definition) is 5. The standard InChI is InChI=1S/C38H40Cl2N4O6/c1-38(21-45,37(47)48)42-19-24-17-31(39)36(44-35(24)49-2)50-32-15-14-28-27(6-4-7-29(28)32)30-8-3-5-26(34(30)40)23-11-9-22(10-12-23)18-41-20-25-13-16-33(46)43-25/h3-12,17,25,32,41-42,45H,13-16,18-21H2,1-2H3,(H,43,46)(H,47,48)/t25-,32-,38-/m0/s1. The molecule has 0 unspecified atom stereocenters. The summed E-state index contributed by atoms with van der Waals surface area (Å²) in [6.07, 6.45) is 2.65. The Balaban J connectivity index is 1.17. The van der Waals surface area contributed by atoms with E-state index in [2.05, 4.69) is 51.3 Å². The van der Waals surface area contributed by atoms with E-state index >= 15 is 0 Å². The van der Waals surface area contributed by atoms with Crippen molar-refractivity contribution >= 4 is 35.1 Å². The largest absolute Gasteiger partial charge is 0.481 e. The summed E-state index contributed by atoms with van der Waals surface area (Å²) < 4.78 is 11.9. The Morgan fingerprint density at radius 3 is 2.44 bits per heavy atom. The molecule has 262 valence electrons. The van der Waals surface area contributed by atoms with E-state index in [9.17, 15) is 19.8 Å². The maximum absolute atomic E-state index is 11.6. The lowest BCUT2D eigenvalue weighted by molar-refractivity contribution is -0.146. The number of nitrogens with one attached hydrogen (secondary N) is 3. The number of carbonyl (C=O) groups excluding carboxylic acids is 1. The second-order valence-electron chi connectivity index (χ2n) is 12.9. The van der Waals surface area contributed by atoms with E-state index in [1.807, 2.05) is 30.3 Å². The van der Waals surface area contributed by atoms with Gasteiger partial charge in [-0.1, -0.05) is 83.9 Å². The average molecular weight is 720 g/mol. The van der Waals surface area contributed by atoms with Crippen LogP contribution in [-0.2, 0) is 29.1 Å². The molecule has 12 heteroatoms. The van der Waals surface area contributed by atoms with Crippen LogP contribution in [0.4, 0.5) is 0 Å². The van der Waals surface area contributed by atoms with Gasteiger partial charge in [0.25, 0.3) is 0 Å². The van der Waals surface area contributed by atoms with Crippen LogP contribution in [0.1, 0.15) is 54.5 Å². The van der Waals surface area contributed by atoms with E-state index < -0.39 is 18.1 Å². The summed E-state index contributed by atoms with van der Waals surface area (Å²) in [5.41, 5.74) is 6.27. The first kappa shape index (κ1) is 35.6. The lowest BCUT2D eigenvalue weighted by Gasteiger charge is -2.24. The van der Waals surface area contributed by atoms with Gasteiger partial charge in [-0.25, -0.2) is 0 Å². The van der Waals surface area contributed by atoms with E-state index in [1.54, 1.807) is 6.07 Å². The number of ether oxygens (including phenoxy) is 2. The van der Waals surface area contributed by atoms with Crippen molar-refractivity contribution in [3.63, 3.8) is 0 Å². The number of carboxylic acid groups (broad SMARTS) is 1. The molecule has 2 aliphatic rings. The van der Waals surface area contributed by atoms with Crippen LogP contribution in [-0.4, -0.2) is 58.9 Å². The molecule has 5 N–H and O–H groups in total. The Labute approximate surface area is 301 Å². The van der Waals surface area contributed by atoms with Crippen LogP contribution in [0.3, 0.4) is 0 Å². The Morgan fingerprint density at radius 2 is 1.74 bits per heavy atom. The zero-order chi connectivity index (χ0) is 35.4. The minimum atomic E-state index is -1.54. The molecule has 1 aromatic heterocycles. The number of hydrogen-bond acceptors (Lipinski definition) is 8. The minimum absolute atomic E-state index is 0.0543. The highest BCUT2D eigenvalue weighted by atomic mass is 35.5. The van der Waals surface area contributed by atoms with Crippen LogP contribution in [0.15, 0.2) is 66.7 Å². The zero-order valence-electron chi connectivity index (χ0n) is 27.9. The van der Waals surface area contributed by atoms with Gasteiger partial charge in [-0.2, -0.15) is 4.98 Å². The number of benzene rings is 3. The number of aliphatic hydroxyl groups is 1. The number of aliphatic hydroxyl groups excluding tert-OH is 1. The van der Waals surface area contributed by atoms with Gasteiger partial charge in [-0.05, 0) is 60.1 Å². The number of carbonyl (C=O) groups is 2. The summed E-state index contributed by atoms with van der Waals surface area (Å²) in [7, 11) is 1.47. The highest BCUT2D eigenvalue weighted by Crippen LogP contribution is 2.44. The summed E-state index contributed by atoms with van der Waals surface area (Å²) in [6, 6.07) is 22.4. The minimum Gasteiger partial charge on any atom is -0.481 e. The lowest BCUT2D eigenvalue weighted by Crippen LogP contribution is -2.52. The number of aromatic nitrogens is 1. The van der Waals surface area contributed by atoms with Gasteiger partial charge in [-0.15, -0.1) is 0 Å². The first-order chi connectivity index (χ1) is 24.1. The number of pyridine rings is 1. The Bertz CT molecular complexity index is 1890. The second-order valence-corrected chi connectivity index (χ2v) is 13.7. The topological polar surface area (TPSA) is 142 Å². The zero-order valence-corrected chi connectivity index (χ0v) is 29.4. The number of amides is 1. The molecule has 10 nitrogen and oxygen atoms in total. The normalized spacial score (nSPS) is 18.0. The first-order valence-electron chi connectivity index (χ1n) is 16.6. The molecule has 1 fully saturated rings. The van der Waals surface area contributed by atoms with E-state index in [4.69, 9.17) is 32.7 Å². The summed E-state index contributed by atoms with van der Waals surface area (Å²) in [5.74, 6) is -0.611. The molecule has 0 bridgehead atoms. The van der Waals surface area contributed by atoms with Gasteiger partial charge in [-0.3, -0.25) is 14.9 Å². The number of methoxy groups -OCH3 is 1. The number of aliphatic carboxylic acids is 1. The molecule has 1 aliphatic carbocycles. The SMILES string of the molecule is COc1nc(O[C@H]2CCc3c(-c4cccc(-c5ccc(CNC[C@@H]6CCC(=O)N6)cc5)c4Cl)cccc32)c(Cl)cc1CN[C@@](C)(CO)C(=O)O.